The van der Waals surface area contributed by atoms with Crippen LogP contribution in [0, 0.1) is 0 Å². The normalized spacial score (nSPS) is 23.4. The molecule has 0 aromatic rings. The number of hydrogen-bond acceptors (Lipinski definition) is 4. The zero-order valence-electron chi connectivity index (χ0n) is 15.5. The number of urea groups is 1. The number of nitrogens with one attached hydrogen (secondary N) is 1. The summed E-state index contributed by atoms with van der Waals surface area (Å²) in [6.07, 6.45) is 8.46. The molecule has 142 valence electrons. The Morgan fingerprint density at radius 3 is 2.40 bits per heavy atom. The molecule has 3 aliphatic rings. The van der Waals surface area contributed by atoms with Gasteiger partial charge in [0, 0.05) is 58.9 Å². The molecule has 2 aliphatic heterocycles. The van der Waals surface area contributed by atoms with E-state index in [2.05, 4.69) is 21.2 Å². The van der Waals surface area contributed by atoms with Gasteiger partial charge in [0.05, 0.1) is 13.2 Å². The van der Waals surface area contributed by atoms with E-state index in [0.717, 1.165) is 78.5 Å². The second-order valence-electron chi connectivity index (χ2n) is 7.37. The maximum absolute atomic E-state index is 12.3. The van der Waals surface area contributed by atoms with Crippen LogP contribution in [0.15, 0.2) is 11.6 Å². The van der Waals surface area contributed by atoms with Crippen LogP contribution < -0.4 is 5.32 Å². The van der Waals surface area contributed by atoms with Crippen molar-refractivity contribution >= 4 is 6.03 Å². The van der Waals surface area contributed by atoms with Gasteiger partial charge in [-0.2, -0.15) is 0 Å². The smallest absolute Gasteiger partial charge is 0.317 e. The Morgan fingerprint density at radius 2 is 1.72 bits per heavy atom. The molecular formula is C19H34N4O2. The molecule has 0 aromatic carbocycles. The molecule has 0 radical (unpaired) electrons. The van der Waals surface area contributed by atoms with Crippen LogP contribution in [0.2, 0.25) is 0 Å². The quantitative estimate of drug-likeness (QED) is 0.738. The van der Waals surface area contributed by atoms with Gasteiger partial charge >= 0.3 is 6.03 Å². The van der Waals surface area contributed by atoms with Gasteiger partial charge in [0.1, 0.15) is 0 Å². The van der Waals surface area contributed by atoms with E-state index in [9.17, 15) is 4.79 Å². The molecule has 2 saturated heterocycles. The van der Waals surface area contributed by atoms with Gasteiger partial charge in [-0.3, -0.25) is 9.80 Å². The van der Waals surface area contributed by atoms with Crippen molar-refractivity contribution < 1.29 is 9.53 Å². The summed E-state index contributed by atoms with van der Waals surface area (Å²) in [5.74, 6) is 0. The molecule has 0 aromatic heterocycles. The average Bonchev–Trinajstić information content (AvgIpc) is 2.68. The molecule has 3 rings (SSSR count). The molecule has 6 nitrogen and oxygen atoms in total. The number of morpholine rings is 1. The van der Waals surface area contributed by atoms with Crippen molar-refractivity contribution in [2.45, 2.75) is 32.1 Å². The third kappa shape index (κ3) is 6.28. The Morgan fingerprint density at radius 1 is 1.00 bits per heavy atom. The molecule has 0 bridgehead atoms. The maximum atomic E-state index is 12.3. The highest BCUT2D eigenvalue weighted by atomic mass is 16.5. The number of nitrogens with zero attached hydrogens (tertiary/aromatic N) is 3. The van der Waals surface area contributed by atoms with Crippen LogP contribution in [0.4, 0.5) is 4.79 Å². The standard InChI is InChI=1S/C19H34N4O2/c24-19(20-7-6-18-4-2-1-3-5-18)23-12-10-21(11-13-23)8-9-22-14-16-25-17-15-22/h4H,1-3,5-17H2,(H,20,24). The lowest BCUT2D eigenvalue weighted by Gasteiger charge is -2.36. The van der Waals surface area contributed by atoms with Gasteiger partial charge in [0.15, 0.2) is 0 Å². The van der Waals surface area contributed by atoms with Gasteiger partial charge in [-0.1, -0.05) is 11.6 Å². The van der Waals surface area contributed by atoms with Crippen molar-refractivity contribution in [3.05, 3.63) is 11.6 Å². The summed E-state index contributed by atoms with van der Waals surface area (Å²) in [6.45, 7) is 10.5. The number of carbonyl (C=O) groups excluding carboxylic acids is 1. The summed E-state index contributed by atoms with van der Waals surface area (Å²) in [4.78, 5) is 19.2. The number of amides is 2. The Kier molecular flexibility index (Phi) is 7.57. The zero-order chi connectivity index (χ0) is 17.3. The van der Waals surface area contributed by atoms with Crippen molar-refractivity contribution in [2.75, 3.05) is 72.1 Å². The van der Waals surface area contributed by atoms with Crippen LogP contribution in [-0.2, 0) is 4.74 Å². The van der Waals surface area contributed by atoms with E-state index in [4.69, 9.17) is 4.74 Å². The van der Waals surface area contributed by atoms with Crippen LogP contribution in [-0.4, -0.2) is 92.8 Å². The number of hydrogen-bond donors (Lipinski definition) is 1. The third-order valence-electron chi connectivity index (χ3n) is 5.60. The van der Waals surface area contributed by atoms with Crippen molar-refractivity contribution in [3.63, 3.8) is 0 Å². The summed E-state index contributed by atoms with van der Waals surface area (Å²) < 4.78 is 5.39. The van der Waals surface area contributed by atoms with Gasteiger partial charge in [0.2, 0.25) is 0 Å². The van der Waals surface area contributed by atoms with E-state index in [0.29, 0.717) is 0 Å². The van der Waals surface area contributed by atoms with Crippen molar-refractivity contribution in [2.24, 2.45) is 0 Å². The summed E-state index contributed by atoms with van der Waals surface area (Å²) in [5, 5.41) is 3.10. The third-order valence-corrected chi connectivity index (χ3v) is 5.60. The summed E-state index contributed by atoms with van der Waals surface area (Å²) >= 11 is 0. The van der Waals surface area contributed by atoms with Crippen LogP contribution in [0.3, 0.4) is 0 Å². The molecule has 0 unspecified atom stereocenters. The van der Waals surface area contributed by atoms with Gasteiger partial charge in [-0.25, -0.2) is 4.79 Å². The van der Waals surface area contributed by atoms with Crippen LogP contribution in [0.5, 0.6) is 0 Å². The monoisotopic (exact) mass is 350 g/mol. The van der Waals surface area contributed by atoms with Gasteiger partial charge < -0.3 is 15.0 Å². The predicted octanol–water partition coefficient (Wildman–Crippen LogP) is 1.54. The number of carbonyl (C=O) groups is 1. The van der Waals surface area contributed by atoms with E-state index >= 15 is 0 Å². The molecular weight excluding hydrogens is 316 g/mol. The van der Waals surface area contributed by atoms with E-state index < -0.39 is 0 Å². The topological polar surface area (TPSA) is 48.1 Å². The molecule has 6 heteroatoms. The van der Waals surface area contributed by atoms with Crippen LogP contribution in [0.25, 0.3) is 0 Å². The first-order chi connectivity index (χ1) is 12.3. The highest BCUT2D eigenvalue weighted by Gasteiger charge is 2.21. The van der Waals surface area contributed by atoms with Crippen molar-refractivity contribution in [3.8, 4) is 0 Å². The number of ether oxygens (including phenoxy) is 1. The minimum atomic E-state index is 0.115. The van der Waals surface area contributed by atoms with Crippen LogP contribution in [0.1, 0.15) is 32.1 Å². The van der Waals surface area contributed by atoms with Crippen molar-refractivity contribution in [1.29, 1.82) is 0 Å². The molecule has 0 spiro atoms. The maximum Gasteiger partial charge on any atom is 0.317 e. The molecule has 25 heavy (non-hydrogen) atoms. The number of piperazine rings is 1. The first kappa shape index (κ1) is 18.7. The predicted molar refractivity (Wildman–Crippen MR) is 99.8 cm³/mol. The van der Waals surface area contributed by atoms with Crippen LogP contribution >= 0.6 is 0 Å². The molecule has 2 fully saturated rings. The summed E-state index contributed by atoms with van der Waals surface area (Å²) in [7, 11) is 0. The Hall–Kier alpha value is -1.11. The molecule has 2 heterocycles. The highest BCUT2D eigenvalue weighted by Crippen LogP contribution is 2.19. The lowest BCUT2D eigenvalue weighted by molar-refractivity contribution is 0.0309. The van der Waals surface area contributed by atoms with E-state index in [1.807, 2.05) is 4.90 Å². The van der Waals surface area contributed by atoms with E-state index in [-0.39, 0.29) is 6.03 Å². The first-order valence-corrected chi connectivity index (χ1v) is 10.0. The number of rotatable bonds is 6. The lowest BCUT2D eigenvalue weighted by atomic mass is 9.97. The Labute approximate surface area is 152 Å². The number of allylic oxidation sites excluding steroid dienone is 1. The fourth-order valence-corrected chi connectivity index (χ4v) is 3.86. The van der Waals surface area contributed by atoms with E-state index in [1.165, 1.54) is 31.3 Å². The Balaban J connectivity index is 1.27. The molecule has 1 aliphatic carbocycles. The minimum absolute atomic E-state index is 0.115. The zero-order valence-corrected chi connectivity index (χ0v) is 15.5. The van der Waals surface area contributed by atoms with E-state index in [1.54, 1.807) is 0 Å². The second-order valence-corrected chi connectivity index (χ2v) is 7.37. The van der Waals surface area contributed by atoms with Gasteiger partial charge in [0.25, 0.3) is 0 Å². The Bertz CT molecular complexity index is 441. The molecule has 0 saturated carbocycles. The second kappa shape index (κ2) is 10.1. The SMILES string of the molecule is O=C(NCCC1=CCCCC1)N1CCN(CCN2CCOCC2)CC1. The molecule has 0 atom stereocenters. The fraction of sp³-hybridized carbons (Fsp3) is 0.842. The first-order valence-electron chi connectivity index (χ1n) is 10.0. The fourth-order valence-electron chi connectivity index (χ4n) is 3.86. The lowest BCUT2D eigenvalue weighted by Crippen LogP contribution is -2.53. The summed E-state index contributed by atoms with van der Waals surface area (Å²) in [5.41, 5.74) is 1.53. The molecule has 1 N–H and O–H groups in total. The largest absolute Gasteiger partial charge is 0.379 e. The molecule has 2 amide bonds. The van der Waals surface area contributed by atoms with Gasteiger partial charge in [-0.15, -0.1) is 0 Å². The summed E-state index contributed by atoms with van der Waals surface area (Å²) in [6, 6.07) is 0.115. The minimum Gasteiger partial charge on any atom is -0.379 e. The highest BCUT2D eigenvalue weighted by molar-refractivity contribution is 5.74. The van der Waals surface area contributed by atoms with Gasteiger partial charge in [-0.05, 0) is 32.1 Å². The average molecular weight is 351 g/mol. The van der Waals surface area contributed by atoms with Crippen molar-refractivity contribution in [1.82, 2.24) is 20.0 Å².